The molecule has 106 valence electrons. The van der Waals surface area contributed by atoms with Crippen LogP contribution in [0.3, 0.4) is 0 Å². The summed E-state index contributed by atoms with van der Waals surface area (Å²) in [6, 6.07) is 13.3. The number of nitrogens with zero attached hydrogens (tertiary/aromatic N) is 1. The van der Waals surface area contributed by atoms with Gasteiger partial charge in [-0.3, -0.25) is 0 Å². The molecule has 1 aromatic carbocycles. The molecule has 0 spiro atoms. The maximum Gasteiger partial charge on any atom is 0.408 e. The first-order valence-electron chi connectivity index (χ1n) is 6.61. The number of carbonyl (C=O) groups excluding carboxylic acids is 1. The van der Waals surface area contributed by atoms with Crippen molar-refractivity contribution in [2.24, 2.45) is 0 Å². The number of nitrogens with one attached hydrogen (secondary N) is 1. The first-order valence-corrected chi connectivity index (χ1v) is 6.61. The van der Waals surface area contributed by atoms with Gasteiger partial charge in [-0.15, -0.1) is 0 Å². The van der Waals surface area contributed by atoms with Crippen molar-refractivity contribution in [3.05, 3.63) is 65.5 Å². The average molecular weight is 280 g/mol. The minimum Gasteiger partial charge on any atom is -0.445 e. The molecule has 0 aliphatic rings. The largest absolute Gasteiger partial charge is 0.445 e. The second-order valence-electron chi connectivity index (χ2n) is 4.39. The molecule has 1 amide bonds. The van der Waals surface area contributed by atoms with E-state index in [0.29, 0.717) is 0 Å². The summed E-state index contributed by atoms with van der Waals surface area (Å²) in [5.41, 5.74) is 2.68. The lowest BCUT2D eigenvalue weighted by atomic mass is 10.2. The van der Waals surface area contributed by atoms with Crippen LogP contribution in [-0.4, -0.2) is 17.6 Å². The molecule has 4 heteroatoms. The summed E-state index contributed by atoms with van der Waals surface area (Å²) in [6.07, 6.45) is 1.21. The summed E-state index contributed by atoms with van der Waals surface area (Å²) in [7, 11) is 0. The maximum atomic E-state index is 11.5. The molecular formula is C17H16N2O2. The van der Waals surface area contributed by atoms with Gasteiger partial charge in [-0.2, -0.15) is 0 Å². The fraction of sp³-hybridized carbons (Fsp3) is 0.176. The van der Waals surface area contributed by atoms with Crippen LogP contribution < -0.4 is 5.32 Å². The molecule has 0 aliphatic carbocycles. The summed E-state index contributed by atoms with van der Waals surface area (Å²) in [5, 5.41) is 2.58. The molecule has 1 aromatic heterocycles. The third-order valence-corrected chi connectivity index (χ3v) is 2.75. The van der Waals surface area contributed by atoms with Crippen LogP contribution in [0, 0.1) is 18.8 Å². The van der Waals surface area contributed by atoms with E-state index >= 15 is 0 Å². The lowest BCUT2D eigenvalue weighted by molar-refractivity contribution is 0.141. The summed E-state index contributed by atoms with van der Waals surface area (Å²) in [5.74, 6) is 5.76. The molecule has 1 heterocycles. The van der Waals surface area contributed by atoms with Crippen LogP contribution in [0.2, 0.25) is 0 Å². The Balaban J connectivity index is 1.74. The summed E-state index contributed by atoms with van der Waals surface area (Å²) in [6.45, 7) is 2.42. The van der Waals surface area contributed by atoms with E-state index < -0.39 is 6.09 Å². The first kappa shape index (κ1) is 14.6. The Kier molecular flexibility index (Phi) is 5.36. The van der Waals surface area contributed by atoms with Gasteiger partial charge in [-0.05, 0) is 30.0 Å². The zero-order valence-corrected chi connectivity index (χ0v) is 11.8. The number of rotatable bonds is 3. The van der Waals surface area contributed by atoms with E-state index in [1.807, 2.05) is 49.4 Å². The second kappa shape index (κ2) is 7.71. The van der Waals surface area contributed by atoms with Crippen molar-refractivity contribution in [3.8, 4) is 11.8 Å². The molecule has 1 N–H and O–H groups in total. The molecule has 0 fully saturated rings. The summed E-state index contributed by atoms with van der Waals surface area (Å²) < 4.78 is 5.07. The number of carbonyl (C=O) groups is 1. The van der Waals surface area contributed by atoms with Crippen molar-refractivity contribution in [1.29, 1.82) is 0 Å². The highest BCUT2D eigenvalue weighted by Crippen LogP contribution is 2.01. The average Bonchev–Trinajstić information content (AvgIpc) is 2.52. The number of amides is 1. The molecule has 0 aliphatic heterocycles. The molecule has 4 nitrogen and oxygen atoms in total. The molecule has 0 unspecified atom stereocenters. The van der Waals surface area contributed by atoms with E-state index in [-0.39, 0.29) is 13.2 Å². The molecule has 0 radical (unpaired) electrons. The lowest BCUT2D eigenvalue weighted by Crippen LogP contribution is -2.24. The minimum atomic E-state index is -0.481. The fourth-order valence-corrected chi connectivity index (χ4v) is 1.63. The number of alkyl carbamates (subject to hydrolysis) is 1. The third-order valence-electron chi connectivity index (χ3n) is 2.75. The predicted octanol–water partition coefficient (Wildman–Crippen LogP) is 2.67. The van der Waals surface area contributed by atoms with E-state index in [9.17, 15) is 4.79 Å². The Bertz CT molecular complexity index is 657. The Hall–Kier alpha value is -2.80. The quantitative estimate of drug-likeness (QED) is 0.879. The smallest absolute Gasteiger partial charge is 0.408 e. The normalized spacial score (nSPS) is 9.38. The molecule has 21 heavy (non-hydrogen) atoms. The fourth-order valence-electron chi connectivity index (χ4n) is 1.63. The van der Waals surface area contributed by atoms with Crippen LogP contribution in [0.1, 0.15) is 16.8 Å². The molecule has 0 bridgehead atoms. The molecular weight excluding hydrogens is 264 g/mol. The van der Waals surface area contributed by atoms with Crippen molar-refractivity contribution in [2.45, 2.75) is 13.5 Å². The number of aryl methyl sites for hydroxylation is 1. The highest BCUT2D eigenvalue weighted by molar-refractivity contribution is 5.67. The second-order valence-corrected chi connectivity index (χ2v) is 4.39. The van der Waals surface area contributed by atoms with Crippen molar-refractivity contribution in [1.82, 2.24) is 10.3 Å². The van der Waals surface area contributed by atoms with Gasteiger partial charge in [-0.1, -0.05) is 42.3 Å². The van der Waals surface area contributed by atoms with Crippen LogP contribution in [0.15, 0.2) is 48.7 Å². The standard InChI is InChI=1S/C17H16N2O2/c1-14-7-5-11-18-16(14)10-6-12-19-17(20)21-13-15-8-3-2-4-9-15/h2-5,7-9,11H,12-13H2,1H3,(H,19,20). The monoisotopic (exact) mass is 280 g/mol. The van der Waals surface area contributed by atoms with Crippen LogP contribution >= 0.6 is 0 Å². The van der Waals surface area contributed by atoms with E-state index in [2.05, 4.69) is 22.1 Å². The van der Waals surface area contributed by atoms with Crippen molar-refractivity contribution in [2.75, 3.05) is 6.54 Å². The van der Waals surface area contributed by atoms with Crippen LogP contribution in [0.4, 0.5) is 4.79 Å². The van der Waals surface area contributed by atoms with Crippen molar-refractivity contribution < 1.29 is 9.53 Å². The van der Waals surface area contributed by atoms with E-state index in [1.54, 1.807) is 6.20 Å². The molecule has 0 saturated heterocycles. The maximum absolute atomic E-state index is 11.5. The van der Waals surface area contributed by atoms with Crippen LogP contribution in [-0.2, 0) is 11.3 Å². The minimum absolute atomic E-state index is 0.226. The Morgan fingerprint density at radius 2 is 2.05 bits per heavy atom. The zero-order valence-electron chi connectivity index (χ0n) is 11.8. The van der Waals surface area contributed by atoms with Gasteiger partial charge >= 0.3 is 6.09 Å². The molecule has 2 aromatic rings. The van der Waals surface area contributed by atoms with Crippen LogP contribution in [0.25, 0.3) is 0 Å². The lowest BCUT2D eigenvalue weighted by Gasteiger charge is -2.04. The molecule has 2 rings (SSSR count). The van der Waals surface area contributed by atoms with Gasteiger partial charge in [0.1, 0.15) is 12.3 Å². The van der Waals surface area contributed by atoms with Gasteiger partial charge < -0.3 is 10.1 Å². The Labute approximate surface area is 124 Å². The van der Waals surface area contributed by atoms with Gasteiger partial charge in [0.05, 0.1) is 6.54 Å². The van der Waals surface area contributed by atoms with Crippen LogP contribution in [0.5, 0.6) is 0 Å². The highest BCUT2D eigenvalue weighted by Gasteiger charge is 2.00. The topological polar surface area (TPSA) is 51.2 Å². The number of ether oxygens (including phenoxy) is 1. The van der Waals surface area contributed by atoms with E-state index in [1.165, 1.54) is 0 Å². The Morgan fingerprint density at radius 1 is 1.24 bits per heavy atom. The molecule has 0 atom stereocenters. The molecule has 0 saturated carbocycles. The SMILES string of the molecule is Cc1cccnc1C#CCNC(=O)OCc1ccccc1. The number of aromatic nitrogens is 1. The highest BCUT2D eigenvalue weighted by atomic mass is 16.5. The van der Waals surface area contributed by atoms with Gasteiger partial charge in [0.25, 0.3) is 0 Å². The number of hydrogen-bond acceptors (Lipinski definition) is 3. The summed E-state index contributed by atoms with van der Waals surface area (Å²) >= 11 is 0. The summed E-state index contributed by atoms with van der Waals surface area (Å²) in [4.78, 5) is 15.6. The third kappa shape index (κ3) is 5.00. The first-order chi connectivity index (χ1) is 10.3. The number of benzene rings is 1. The van der Waals surface area contributed by atoms with Gasteiger partial charge in [0.15, 0.2) is 0 Å². The number of hydrogen-bond donors (Lipinski definition) is 1. The van der Waals surface area contributed by atoms with Gasteiger partial charge in [-0.25, -0.2) is 9.78 Å². The number of pyridine rings is 1. The van der Waals surface area contributed by atoms with Crippen molar-refractivity contribution >= 4 is 6.09 Å². The van der Waals surface area contributed by atoms with E-state index in [4.69, 9.17) is 4.74 Å². The van der Waals surface area contributed by atoms with Crippen molar-refractivity contribution in [3.63, 3.8) is 0 Å². The van der Waals surface area contributed by atoms with Gasteiger partial charge in [0.2, 0.25) is 0 Å². The van der Waals surface area contributed by atoms with Gasteiger partial charge in [0, 0.05) is 6.20 Å². The Morgan fingerprint density at radius 3 is 2.81 bits per heavy atom. The van der Waals surface area contributed by atoms with E-state index in [0.717, 1.165) is 16.8 Å². The zero-order chi connectivity index (χ0) is 14.9. The predicted molar refractivity (Wildman–Crippen MR) is 80.5 cm³/mol.